The van der Waals surface area contributed by atoms with Crippen LogP contribution in [0.1, 0.15) is 15.2 Å². The van der Waals surface area contributed by atoms with Crippen LogP contribution >= 0.6 is 11.3 Å². The van der Waals surface area contributed by atoms with Gasteiger partial charge in [0.05, 0.1) is 16.8 Å². The molecule has 0 atom stereocenters. The molecule has 5 heteroatoms. The standard InChI is InChI=1S/C10H10N2O2S/c1-6-3-4-8(15-6)9-7(10(13)14)5-11-12(9)2/h3-5H,1-2H3,(H,13,14). The molecule has 0 aliphatic rings. The Morgan fingerprint density at radius 3 is 2.80 bits per heavy atom. The lowest BCUT2D eigenvalue weighted by Crippen LogP contribution is -1.99. The molecule has 1 N–H and O–H groups in total. The van der Waals surface area contributed by atoms with E-state index in [1.807, 2.05) is 19.1 Å². The van der Waals surface area contributed by atoms with Crippen molar-refractivity contribution in [3.8, 4) is 10.6 Å². The molecule has 4 nitrogen and oxygen atoms in total. The summed E-state index contributed by atoms with van der Waals surface area (Å²) in [7, 11) is 1.75. The fraction of sp³-hybridized carbons (Fsp3) is 0.200. The summed E-state index contributed by atoms with van der Waals surface area (Å²) in [5.74, 6) is -0.941. The van der Waals surface area contributed by atoms with Crippen LogP contribution in [-0.4, -0.2) is 20.9 Å². The number of aromatic carboxylic acids is 1. The van der Waals surface area contributed by atoms with E-state index in [2.05, 4.69) is 5.10 Å². The quantitative estimate of drug-likeness (QED) is 0.847. The molecule has 2 heterocycles. The van der Waals surface area contributed by atoms with Gasteiger partial charge in [-0.25, -0.2) is 4.79 Å². The molecular formula is C10H10N2O2S. The summed E-state index contributed by atoms with van der Waals surface area (Å²) in [6, 6.07) is 3.89. The van der Waals surface area contributed by atoms with Crippen molar-refractivity contribution in [2.45, 2.75) is 6.92 Å². The van der Waals surface area contributed by atoms with Crippen LogP contribution in [0.3, 0.4) is 0 Å². The van der Waals surface area contributed by atoms with E-state index in [4.69, 9.17) is 5.11 Å². The number of carboxylic acid groups (broad SMARTS) is 1. The Hall–Kier alpha value is -1.62. The lowest BCUT2D eigenvalue weighted by Gasteiger charge is -1.99. The monoisotopic (exact) mass is 222 g/mol. The molecule has 0 aromatic carbocycles. The van der Waals surface area contributed by atoms with Gasteiger partial charge < -0.3 is 5.11 Å². The summed E-state index contributed by atoms with van der Waals surface area (Å²) in [5.41, 5.74) is 0.917. The molecule has 0 fully saturated rings. The predicted molar refractivity (Wildman–Crippen MR) is 58.2 cm³/mol. The van der Waals surface area contributed by atoms with E-state index in [0.29, 0.717) is 5.69 Å². The molecule has 0 saturated carbocycles. The van der Waals surface area contributed by atoms with Crippen molar-refractivity contribution in [3.05, 3.63) is 28.8 Å². The summed E-state index contributed by atoms with van der Waals surface area (Å²) in [6.45, 7) is 1.99. The number of hydrogen-bond donors (Lipinski definition) is 1. The van der Waals surface area contributed by atoms with Crippen LogP contribution in [0.5, 0.6) is 0 Å². The first-order valence-corrected chi connectivity index (χ1v) is 5.23. The van der Waals surface area contributed by atoms with Gasteiger partial charge in [-0.3, -0.25) is 4.68 Å². The zero-order valence-corrected chi connectivity index (χ0v) is 9.21. The first-order valence-electron chi connectivity index (χ1n) is 4.41. The third-order valence-corrected chi connectivity index (χ3v) is 3.15. The van der Waals surface area contributed by atoms with Crippen molar-refractivity contribution >= 4 is 17.3 Å². The zero-order valence-electron chi connectivity index (χ0n) is 8.39. The van der Waals surface area contributed by atoms with Crippen LogP contribution < -0.4 is 0 Å². The largest absolute Gasteiger partial charge is 0.478 e. The maximum Gasteiger partial charge on any atom is 0.339 e. The zero-order chi connectivity index (χ0) is 11.0. The fourth-order valence-electron chi connectivity index (χ4n) is 1.45. The molecule has 0 unspecified atom stereocenters. The lowest BCUT2D eigenvalue weighted by molar-refractivity contribution is 0.0697. The second-order valence-electron chi connectivity index (χ2n) is 3.25. The third-order valence-electron chi connectivity index (χ3n) is 2.14. The molecule has 2 rings (SSSR count). The summed E-state index contributed by atoms with van der Waals surface area (Å²) < 4.78 is 1.59. The Morgan fingerprint density at radius 2 is 2.27 bits per heavy atom. The normalized spacial score (nSPS) is 10.5. The van der Waals surface area contributed by atoms with E-state index in [0.717, 1.165) is 9.75 Å². The third kappa shape index (κ3) is 1.66. The number of nitrogens with zero attached hydrogens (tertiary/aromatic N) is 2. The summed E-state index contributed by atoms with van der Waals surface area (Å²) in [5, 5.41) is 13.0. The second-order valence-corrected chi connectivity index (χ2v) is 4.53. The van der Waals surface area contributed by atoms with Crippen molar-refractivity contribution in [2.75, 3.05) is 0 Å². The van der Waals surface area contributed by atoms with Crippen LogP contribution in [0.4, 0.5) is 0 Å². The van der Waals surface area contributed by atoms with Gasteiger partial charge in [-0.1, -0.05) is 0 Å². The van der Waals surface area contributed by atoms with Crippen molar-refractivity contribution in [1.29, 1.82) is 0 Å². The highest BCUT2D eigenvalue weighted by atomic mass is 32.1. The highest BCUT2D eigenvalue weighted by Crippen LogP contribution is 2.29. The van der Waals surface area contributed by atoms with Gasteiger partial charge in [0.2, 0.25) is 0 Å². The fourth-order valence-corrected chi connectivity index (χ4v) is 2.41. The van der Waals surface area contributed by atoms with E-state index in [1.165, 1.54) is 6.20 Å². The van der Waals surface area contributed by atoms with Crippen molar-refractivity contribution in [1.82, 2.24) is 9.78 Å². The van der Waals surface area contributed by atoms with Crippen LogP contribution in [0.25, 0.3) is 10.6 Å². The highest BCUT2D eigenvalue weighted by molar-refractivity contribution is 7.15. The van der Waals surface area contributed by atoms with Gasteiger partial charge in [-0.2, -0.15) is 5.10 Å². The molecule has 0 amide bonds. The molecule has 0 aliphatic carbocycles. The molecular weight excluding hydrogens is 212 g/mol. The smallest absolute Gasteiger partial charge is 0.339 e. The first kappa shape index (κ1) is 9.92. The van der Waals surface area contributed by atoms with Gasteiger partial charge in [0.15, 0.2) is 0 Å². The topological polar surface area (TPSA) is 55.1 Å². The number of carboxylic acids is 1. The minimum atomic E-state index is -0.941. The van der Waals surface area contributed by atoms with Gasteiger partial charge in [-0.15, -0.1) is 11.3 Å². The Morgan fingerprint density at radius 1 is 1.53 bits per heavy atom. The van der Waals surface area contributed by atoms with E-state index in [1.54, 1.807) is 23.1 Å². The lowest BCUT2D eigenvalue weighted by atomic mass is 10.2. The highest BCUT2D eigenvalue weighted by Gasteiger charge is 2.17. The molecule has 0 aliphatic heterocycles. The van der Waals surface area contributed by atoms with Crippen LogP contribution in [-0.2, 0) is 7.05 Å². The molecule has 0 spiro atoms. The van der Waals surface area contributed by atoms with Gasteiger partial charge in [0.1, 0.15) is 5.56 Å². The van der Waals surface area contributed by atoms with Crippen molar-refractivity contribution < 1.29 is 9.90 Å². The molecule has 2 aromatic heterocycles. The Labute approximate surface area is 90.8 Å². The van der Waals surface area contributed by atoms with Crippen molar-refractivity contribution in [2.24, 2.45) is 7.05 Å². The van der Waals surface area contributed by atoms with E-state index >= 15 is 0 Å². The van der Waals surface area contributed by atoms with Gasteiger partial charge >= 0.3 is 5.97 Å². The van der Waals surface area contributed by atoms with Gasteiger partial charge in [-0.05, 0) is 19.1 Å². The predicted octanol–water partition coefficient (Wildman–Crippen LogP) is 2.16. The molecule has 0 saturated heterocycles. The van der Waals surface area contributed by atoms with Crippen LogP contribution in [0, 0.1) is 6.92 Å². The number of aromatic nitrogens is 2. The van der Waals surface area contributed by atoms with Gasteiger partial charge in [0, 0.05) is 11.9 Å². The summed E-state index contributed by atoms with van der Waals surface area (Å²) >= 11 is 1.57. The number of aryl methyl sites for hydroxylation is 2. The maximum absolute atomic E-state index is 11.0. The molecule has 0 radical (unpaired) electrons. The average Bonchev–Trinajstić information content (AvgIpc) is 2.71. The number of rotatable bonds is 2. The van der Waals surface area contributed by atoms with Crippen molar-refractivity contribution in [3.63, 3.8) is 0 Å². The number of carbonyl (C=O) groups is 1. The molecule has 15 heavy (non-hydrogen) atoms. The van der Waals surface area contributed by atoms with E-state index in [9.17, 15) is 4.79 Å². The van der Waals surface area contributed by atoms with E-state index in [-0.39, 0.29) is 5.56 Å². The molecule has 78 valence electrons. The maximum atomic E-state index is 11.0. The number of hydrogen-bond acceptors (Lipinski definition) is 3. The molecule has 2 aromatic rings. The first-order chi connectivity index (χ1) is 7.09. The minimum Gasteiger partial charge on any atom is -0.478 e. The minimum absolute atomic E-state index is 0.249. The summed E-state index contributed by atoms with van der Waals surface area (Å²) in [4.78, 5) is 13.1. The Kier molecular flexibility index (Phi) is 2.32. The second kappa shape index (κ2) is 3.51. The van der Waals surface area contributed by atoms with E-state index < -0.39 is 5.97 Å². The Balaban J connectivity index is 2.60. The van der Waals surface area contributed by atoms with Gasteiger partial charge in [0.25, 0.3) is 0 Å². The average molecular weight is 222 g/mol. The van der Waals surface area contributed by atoms with Crippen LogP contribution in [0.15, 0.2) is 18.3 Å². The van der Waals surface area contributed by atoms with Crippen LogP contribution in [0.2, 0.25) is 0 Å². The number of thiophene rings is 1. The summed E-state index contributed by atoms with van der Waals surface area (Å²) in [6.07, 6.45) is 1.38. The Bertz CT molecular complexity index is 513. The molecule has 0 bridgehead atoms. The SMILES string of the molecule is Cc1ccc(-c2c(C(=O)O)cnn2C)s1.